The molecule has 55 heavy (non-hydrogen) atoms. The van der Waals surface area contributed by atoms with E-state index in [9.17, 15) is 1.37 Å². The van der Waals surface area contributed by atoms with Crippen LogP contribution >= 0.6 is 0 Å². The summed E-state index contributed by atoms with van der Waals surface area (Å²) in [5.41, 5.74) is 10.4. The summed E-state index contributed by atoms with van der Waals surface area (Å²) in [5.74, 6) is 0.293. The zero-order valence-corrected chi connectivity index (χ0v) is 30.2. The Labute approximate surface area is 335 Å². The van der Waals surface area contributed by atoms with Crippen LogP contribution in [0.25, 0.3) is 89.2 Å². The van der Waals surface area contributed by atoms with Crippen LogP contribution in [0, 0.1) is 0 Å². The number of fused-ring (bicyclic) bond motifs is 4. The van der Waals surface area contributed by atoms with E-state index in [1.165, 1.54) is 33.4 Å². The standard InChI is InChI=1S/C53H38N2/c1-53(2)48-32-39(36-17-8-4-9-18-36)25-27-45(48)46-28-26-40(33-49(46)53)42-29-30-47(44-24-13-12-23-43(42)44)51-34-50(54-52(55-51)37-19-10-5-11-20-37)41-22-14-21-38(31-41)35-15-6-3-7-16-35/h3-34H,1-2H3/i3D,6D,7D,14D,15D,16D,21D,22D,31D. The van der Waals surface area contributed by atoms with Crippen molar-refractivity contribution < 1.29 is 12.3 Å². The maximum absolute atomic E-state index is 9.45. The maximum atomic E-state index is 9.45. The molecule has 0 bridgehead atoms. The monoisotopic (exact) mass is 711 g/mol. The van der Waals surface area contributed by atoms with E-state index in [-0.39, 0.29) is 27.8 Å². The summed E-state index contributed by atoms with van der Waals surface area (Å²) in [5, 5.41) is 1.89. The van der Waals surface area contributed by atoms with Gasteiger partial charge in [0.05, 0.1) is 23.7 Å². The van der Waals surface area contributed by atoms with Gasteiger partial charge in [-0.05, 0) is 90.6 Å². The van der Waals surface area contributed by atoms with Crippen molar-refractivity contribution in [3.05, 3.63) is 205 Å². The Morgan fingerprint density at radius 2 is 0.945 bits per heavy atom. The molecule has 0 spiro atoms. The molecular formula is C53H38N2. The molecular weight excluding hydrogens is 665 g/mol. The topological polar surface area (TPSA) is 25.8 Å². The van der Waals surface area contributed by atoms with Crippen molar-refractivity contribution in [2.24, 2.45) is 0 Å². The van der Waals surface area contributed by atoms with Crippen LogP contribution in [0.15, 0.2) is 194 Å². The Bertz CT molecular complexity index is 3380. The minimum absolute atomic E-state index is 0.116. The second kappa shape index (κ2) is 13.2. The SMILES string of the molecule is [2H]c1c([2H])c([2H])c(-c2c([2H])c([2H])c([2H])c(-c3cc(-c4ccc(-c5ccc6c(c5)C(C)(C)c5cc(-c7ccccc7)ccc5-6)c5ccccc45)nc(-c4ccccc4)n3)c2[2H])c([2H])c1[2H]. The quantitative estimate of drug-likeness (QED) is 0.172. The minimum Gasteiger partial charge on any atom is -0.228 e. The number of rotatable bonds is 6. The largest absolute Gasteiger partial charge is 0.228 e. The van der Waals surface area contributed by atoms with E-state index < -0.39 is 54.4 Å². The van der Waals surface area contributed by atoms with Gasteiger partial charge in [-0.2, -0.15) is 0 Å². The van der Waals surface area contributed by atoms with Gasteiger partial charge in [-0.15, -0.1) is 0 Å². The molecule has 9 aromatic rings. The van der Waals surface area contributed by atoms with E-state index in [0.29, 0.717) is 17.1 Å². The normalized spacial score (nSPS) is 15.0. The van der Waals surface area contributed by atoms with Gasteiger partial charge >= 0.3 is 0 Å². The molecule has 1 aliphatic carbocycles. The van der Waals surface area contributed by atoms with Crippen LogP contribution in [-0.4, -0.2) is 9.97 Å². The summed E-state index contributed by atoms with van der Waals surface area (Å²) in [6.45, 7) is 4.57. The fourth-order valence-corrected chi connectivity index (χ4v) is 7.89. The summed E-state index contributed by atoms with van der Waals surface area (Å²) in [6.07, 6.45) is 0. The summed E-state index contributed by atoms with van der Waals surface area (Å²) in [6, 6.07) is 41.9. The number of nitrogens with zero attached hydrogens (tertiary/aromatic N) is 2. The smallest absolute Gasteiger partial charge is 0.160 e. The third-order valence-electron chi connectivity index (χ3n) is 10.7. The molecule has 0 unspecified atom stereocenters. The van der Waals surface area contributed by atoms with Crippen LogP contribution in [0.2, 0.25) is 0 Å². The molecule has 0 N–H and O–H groups in total. The zero-order chi connectivity index (χ0) is 44.8. The predicted molar refractivity (Wildman–Crippen MR) is 230 cm³/mol. The van der Waals surface area contributed by atoms with Gasteiger partial charge in [0.1, 0.15) is 0 Å². The molecule has 0 aliphatic heterocycles. The molecule has 8 aromatic carbocycles. The summed E-state index contributed by atoms with van der Waals surface area (Å²) < 4.78 is 78.3. The summed E-state index contributed by atoms with van der Waals surface area (Å²) >= 11 is 0. The van der Waals surface area contributed by atoms with Crippen LogP contribution in [0.3, 0.4) is 0 Å². The molecule has 0 amide bonds. The first-order chi connectivity index (χ1) is 30.8. The molecule has 1 heterocycles. The lowest BCUT2D eigenvalue weighted by atomic mass is 9.80. The Kier molecular flexibility index (Phi) is 5.86. The fourth-order valence-electron chi connectivity index (χ4n) is 7.89. The van der Waals surface area contributed by atoms with Crippen molar-refractivity contribution in [1.82, 2.24) is 9.97 Å². The number of benzene rings is 8. The van der Waals surface area contributed by atoms with Crippen LogP contribution in [-0.2, 0) is 5.41 Å². The first kappa shape index (κ1) is 24.4. The van der Waals surface area contributed by atoms with Gasteiger partial charge in [0.25, 0.3) is 0 Å². The highest BCUT2D eigenvalue weighted by atomic mass is 14.9. The molecule has 10 rings (SSSR count). The average molecular weight is 712 g/mol. The van der Waals surface area contributed by atoms with E-state index in [1.54, 1.807) is 6.07 Å². The van der Waals surface area contributed by atoms with Gasteiger partial charge in [-0.25, -0.2) is 9.97 Å². The van der Waals surface area contributed by atoms with Crippen molar-refractivity contribution in [2.75, 3.05) is 0 Å². The van der Waals surface area contributed by atoms with Crippen LogP contribution in [0.1, 0.15) is 37.3 Å². The molecule has 1 aliphatic rings. The molecule has 0 atom stereocenters. The third kappa shape index (κ3) is 5.75. The molecule has 2 heteroatoms. The lowest BCUT2D eigenvalue weighted by Crippen LogP contribution is -2.15. The highest BCUT2D eigenvalue weighted by Gasteiger charge is 2.36. The predicted octanol–water partition coefficient (Wildman–Crippen LogP) is 13.9. The van der Waals surface area contributed by atoms with Gasteiger partial charge in [0.2, 0.25) is 0 Å². The molecule has 0 radical (unpaired) electrons. The highest BCUT2D eigenvalue weighted by molar-refractivity contribution is 6.05. The summed E-state index contributed by atoms with van der Waals surface area (Å²) in [4.78, 5) is 9.92. The fraction of sp³-hybridized carbons (Fsp3) is 0.0566. The average Bonchev–Trinajstić information content (AvgIpc) is 3.55. The van der Waals surface area contributed by atoms with Crippen molar-refractivity contribution in [1.29, 1.82) is 0 Å². The van der Waals surface area contributed by atoms with E-state index in [0.717, 1.165) is 27.5 Å². The van der Waals surface area contributed by atoms with Gasteiger partial charge < -0.3 is 0 Å². The van der Waals surface area contributed by atoms with E-state index in [4.69, 9.17) is 20.9 Å². The Morgan fingerprint density at radius 3 is 1.67 bits per heavy atom. The maximum Gasteiger partial charge on any atom is 0.160 e. The van der Waals surface area contributed by atoms with Gasteiger partial charge in [-0.1, -0.05) is 184 Å². The minimum atomic E-state index is -0.630. The lowest BCUT2D eigenvalue weighted by Gasteiger charge is -2.23. The van der Waals surface area contributed by atoms with Crippen LogP contribution in [0.5, 0.6) is 0 Å². The Balaban J connectivity index is 1.14. The van der Waals surface area contributed by atoms with E-state index in [2.05, 4.69) is 86.6 Å². The number of aromatic nitrogens is 2. The first-order valence-electron chi connectivity index (χ1n) is 22.8. The molecule has 0 fully saturated rings. The number of hydrogen-bond donors (Lipinski definition) is 0. The van der Waals surface area contributed by atoms with E-state index >= 15 is 0 Å². The second-order valence-corrected chi connectivity index (χ2v) is 14.3. The van der Waals surface area contributed by atoms with Crippen molar-refractivity contribution in [2.45, 2.75) is 19.3 Å². The molecule has 1 aromatic heterocycles. The molecule has 0 saturated carbocycles. The van der Waals surface area contributed by atoms with Crippen LogP contribution < -0.4 is 0 Å². The van der Waals surface area contributed by atoms with Crippen molar-refractivity contribution in [3.8, 4) is 78.4 Å². The van der Waals surface area contributed by atoms with Gasteiger partial charge in [-0.3, -0.25) is 0 Å². The third-order valence-corrected chi connectivity index (χ3v) is 10.7. The second-order valence-electron chi connectivity index (χ2n) is 14.3. The molecule has 2 nitrogen and oxygen atoms in total. The lowest BCUT2D eigenvalue weighted by molar-refractivity contribution is 0.661. The highest BCUT2D eigenvalue weighted by Crippen LogP contribution is 2.51. The van der Waals surface area contributed by atoms with Crippen molar-refractivity contribution in [3.63, 3.8) is 0 Å². The van der Waals surface area contributed by atoms with E-state index in [1.807, 2.05) is 60.7 Å². The van der Waals surface area contributed by atoms with Crippen molar-refractivity contribution >= 4 is 10.8 Å². The number of hydrogen-bond acceptors (Lipinski definition) is 2. The Morgan fingerprint density at radius 1 is 0.400 bits per heavy atom. The summed E-state index contributed by atoms with van der Waals surface area (Å²) in [7, 11) is 0. The molecule has 0 saturated heterocycles. The van der Waals surface area contributed by atoms with Gasteiger partial charge in [0.15, 0.2) is 5.82 Å². The van der Waals surface area contributed by atoms with Gasteiger partial charge in [0, 0.05) is 22.1 Å². The zero-order valence-electron chi connectivity index (χ0n) is 39.2. The Hall–Kier alpha value is -6.90. The molecule has 260 valence electrons. The van der Waals surface area contributed by atoms with Crippen LogP contribution in [0.4, 0.5) is 0 Å². The first-order valence-corrected chi connectivity index (χ1v) is 18.3.